The number of esters is 1. The molecule has 2 atom stereocenters. The number of carbonyl (C=O) groups is 3. The summed E-state index contributed by atoms with van der Waals surface area (Å²) < 4.78 is 5.51. The van der Waals surface area contributed by atoms with Gasteiger partial charge in [0.1, 0.15) is 0 Å². The van der Waals surface area contributed by atoms with Gasteiger partial charge in [0.2, 0.25) is 11.8 Å². The van der Waals surface area contributed by atoms with Gasteiger partial charge in [0, 0.05) is 0 Å². The average molecular weight is 396 g/mol. The van der Waals surface area contributed by atoms with E-state index in [4.69, 9.17) is 16.3 Å². The zero-order valence-corrected chi connectivity index (χ0v) is 16.0. The third-order valence-corrected chi connectivity index (χ3v) is 5.56. The van der Waals surface area contributed by atoms with Crippen molar-refractivity contribution >= 4 is 35.1 Å². The minimum absolute atomic E-state index is 0.150. The minimum atomic E-state index is -0.646. The lowest BCUT2D eigenvalue weighted by atomic mass is 9.82. The highest BCUT2D eigenvalue weighted by atomic mass is 35.5. The van der Waals surface area contributed by atoms with Gasteiger partial charge in [0.15, 0.2) is 5.75 Å². The molecule has 0 radical (unpaired) electrons. The Balaban J connectivity index is 1.66. The molecule has 0 saturated carbocycles. The van der Waals surface area contributed by atoms with Crippen LogP contribution in [0.25, 0.3) is 0 Å². The Kier molecular flexibility index (Phi) is 4.77. The molecule has 28 heavy (non-hydrogen) atoms. The van der Waals surface area contributed by atoms with Crippen LogP contribution in [0.3, 0.4) is 0 Å². The van der Waals surface area contributed by atoms with Crippen LogP contribution in [0.2, 0.25) is 5.02 Å². The fourth-order valence-electron chi connectivity index (χ4n) is 3.78. The van der Waals surface area contributed by atoms with Crippen LogP contribution in [0, 0.1) is 11.8 Å². The van der Waals surface area contributed by atoms with E-state index >= 15 is 0 Å². The molecule has 1 fully saturated rings. The first-order valence-electron chi connectivity index (χ1n) is 9.06. The van der Waals surface area contributed by atoms with E-state index in [-0.39, 0.29) is 45.7 Å². The maximum Gasteiger partial charge on any atom is 0.345 e. The van der Waals surface area contributed by atoms with Crippen molar-refractivity contribution in [3.05, 3.63) is 70.8 Å². The van der Waals surface area contributed by atoms with Crippen molar-refractivity contribution in [2.45, 2.75) is 19.8 Å². The Hall–Kier alpha value is -2.92. The molecule has 1 heterocycles. The summed E-state index contributed by atoms with van der Waals surface area (Å²) in [6.07, 6.45) is 3.14. The van der Waals surface area contributed by atoms with E-state index in [9.17, 15) is 14.4 Å². The molecule has 2 amide bonds. The summed E-state index contributed by atoms with van der Waals surface area (Å²) in [7, 11) is 0. The summed E-state index contributed by atoms with van der Waals surface area (Å²) in [5, 5.41) is 0.269. The lowest BCUT2D eigenvalue weighted by Crippen LogP contribution is -2.31. The SMILES string of the molecule is CC1=CC[C@@H]2C(=O)N(c3ccccc3OC(=O)c3ccccc3Cl)C(=O)[C@@H]2C1. The first-order chi connectivity index (χ1) is 13.5. The zero-order chi connectivity index (χ0) is 19.8. The molecule has 2 aromatic carbocycles. The zero-order valence-electron chi connectivity index (χ0n) is 15.2. The summed E-state index contributed by atoms with van der Waals surface area (Å²) in [6.45, 7) is 1.97. The second-order valence-corrected chi connectivity index (χ2v) is 7.46. The molecule has 0 unspecified atom stereocenters. The number of ether oxygens (including phenoxy) is 1. The summed E-state index contributed by atoms with van der Waals surface area (Å²) in [5.41, 5.74) is 1.61. The summed E-state index contributed by atoms with van der Waals surface area (Å²) in [4.78, 5) is 39.6. The van der Waals surface area contributed by atoms with Crippen LogP contribution >= 0.6 is 11.6 Å². The third kappa shape index (κ3) is 3.12. The predicted octanol–water partition coefficient (Wildman–Crippen LogP) is 4.40. The number of fused-ring (bicyclic) bond motifs is 1. The van der Waals surface area contributed by atoms with Gasteiger partial charge in [-0.15, -0.1) is 0 Å². The van der Waals surface area contributed by atoms with Gasteiger partial charge in [-0.2, -0.15) is 0 Å². The third-order valence-electron chi connectivity index (χ3n) is 5.23. The highest BCUT2D eigenvalue weighted by Gasteiger charge is 2.49. The maximum atomic E-state index is 13.0. The van der Waals surface area contributed by atoms with Crippen LogP contribution in [0.5, 0.6) is 5.75 Å². The average Bonchev–Trinajstić information content (AvgIpc) is 2.92. The highest BCUT2D eigenvalue weighted by molar-refractivity contribution is 6.33. The number of benzene rings is 2. The van der Waals surface area contributed by atoms with E-state index in [1.807, 2.05) is 13.0 Å². The first kappa shape index (κ1) is 18.4. The van der Waals surface area contributed by atoms with Crippen LogP contribution in [0.1, 0.15) is 30.1 Å². The Bertz CT molecular complexity index is 1010. The molecule has 1 aliphatic heterocycles. The van der Waals surface area contributed by atoms with Crippen molar-refractivity contribution in [2.24, 2.45) is 11.8 Å². The largest absolute Gasteiger partial charge is 0.421 e. The van der Waals surface area contributed by atoms with Gasteiger partial charge < -0.3 is 4.74 Å². The van der Waals surface area contributed by atoms with Crippen LogP contribution < -0.4 is 9.64 Å². The monoisotopic (exact) mass is 395 g/mol. The van der Waals surface area contributed by atoms with Crippen molar-refractivity contribution in [1.29, 1.82) is 0 Å². The molecule has 6 heteroatoms. The van der Waals surface area contributed by atoms with Gasteiger partial charge in [-0.05, 0) is 44.0 Å². The smallest absolute Gasteiger partial charge is 0.345 e. The quantitative estimate of drug-likeness (QED) is 0.334. The normalized spacial score (nSPS) is 21.4. The molecule has 2 aromatic rings. The second-order valence-electron chi connectivity index (χ2n) is 7.05. The number of amides is 2. The van der Waals surface area contributed by atoms with Crippen molar-refractivity contribution in [3.63, 3.8) is 0 Å². The molecule has 0 spiro atoms. The van der Waals surface area contributed by atoms with E-state index in [1.165, 1.54) is 0 Å². The fourth-order valence-corrected chi connectivity index (χ4v) is 4.00. The van der Waals surface area contributed by atoms with Gasteiger partial charge in [-0.1, -0.05) is 47.5 Å². The number of hydrogen-bond acceptors (Lipinski definition) is 4. The number of allylic oxidation sites excluding steroid dienone is 2. The van der Waals surface area contributed by atoms with E-state index < -0.39 is 5.97 Å². The first-order valence-corrected chi connectivity index (χ1v) is 9.44. The van der Waals surface area contributed by atoms with Gasteiger partial charge >= 0.3 is 5.97 Å². The lowest BCUT2D eigenvalue weighted by Gasteiger charge is -2.19. The fraction of sp³-hybridized carbons (Fsp3) is 0.227. The standard InChI is InChI=1S/C22H18ClNO4/c1-13-10-11-14-16(12-13)21(26)24(20(14)25)18-8-4-5-9-19(18)28-22(27)15-6-2-3-7-17(15)23/h2-10,14,16H,11-12H2,1H3/t14-,16+/m0/s1. The number of carbonyl (C=O) groups excluding carboxylic acids is 3. The van der Waals surface area contributed by atoms with Crippen molar-refractivity contribution in [2.75, 3.05) is 4.90 Å². The molecule has 1 saturated heterocycles. The highest BCUT2D eigenvalue weighted by Crippen LogP contribution is 2.42. The van der Waals surface area contributed by atoms with Crippen LogP contribution in [0.15, 0.2) is 60.2 Å². The molecule has 2 aliphatic rings. The van der Waals surface area contributed by atoms with Crippen LogP contribution in [0.4, 0.5) is 5.69 Å². The van der Waals surface area contributed by atoms with Gasteiger partial charge in [0.05, 0.1) is 28.1 Å². The Morgan fingerprint density at radius 1 is 1.04 bits per heavy atom. The predicted molar refractivity (Wildman–Crippen MR) is 105 cm³/mol. The molecule has 1 aliphatic carbocycles. The summed E-state index contributed by atoms with van der Waals surface area (Å²) in [6, 6.07) is 13.1. The number of para-hydroxylation sites is 2. The van der Waals surface area contributed by atoms with Gasteiger partial charge in [-0.25, -0.2) is 9.69 Å². The lowest BCUT2D eigenvalue weighted by molar-refractivity contribution is -0.122. The number of hydrogen-bond donors (Lipinski definition) is 0. The Labute approximate surface area is 167 Å². The molecule has 5 nitrogen and oxygen atoms in total. The number of halogens is 1. The maximum absolute atomic E-state index is 13.0. The number of imide groups is 1. The summed E-state index contributed by atoms with van der Waals surface area (Å²) >= 11 is 6.07. The topological polar surface area (TPSA) is 63.7 Å². The van der Waals surface area contributed by atoms with Crippen LogP contribution in [-0.4, -0.2) is 17.8 Å². The molecule has 142 valence electrons. The van der Waals surface area contributed by atoms with Crippen LogP contribution in [-0.2, 0) is 9.59 Å². The van der Waals surface area contributed by atoms with E-state index in [1.54, 1.807) is 48.5 Å². The van der Waals surface area contributed by atoms with Crippen molar-refractivity contribution < 1.29 is 19.1 Å². The van der Waals surface area contributed by atoms with Gasteiger partial charge in [-0.3, -0.25) is 9.59 Å². The van der Waals surface area contributed by atoms with E-state index in [0.29, 0.717) is 12.8 Å². The van der Waals surface area contributed by atoms with E-state index in [2.05, 4.69) is 0 Å². The Morgan fingerprint density at radius 2 is 1.71 bits per heavy atom. The summed E-state index contributed by atoms with van der Waals surface area (Å²) in [5.74, 6) is -1.71. The van der Waals surface area contributed by atoms with Gasteiger partial charge in [0.25, 0.3) is 0 Å². The molecule has 4 rings (SSSR count). The molecular weight excluding hydrogens is 378 g/mol. The second kappa shape index (κ2) is 7.24. The van der Waals surface area contributed by atoms with Crippen molar-refractivity contribution in [1.82, 2.24) is 0 Å². The molecule has 0 N–H and O–H groups in total. The number of rotatable bonds is 3. The molecular formula is C22H18ClNO4. The molecule has 0 aromatic heterocycles. The number of anilines is 1. The Morgan fingerprint density at radius 3 is 2.50 bits per heavy atom. The van der Waals surface area contributed by atoms with E-state index in [0.717, 1.165) is 10.5 Å². The molecule has 0 bridgehead atoms. The minimum Gasteiger partial charge on any atom is -0.421 e. The number of nitrogens with zero attached hydrogens (tertiary/aromatic N) is 1. The van der Waals surface area contributed by atoms with Crippen molar-refractivity contribution in [3.8, 4) is 5.75 Å².